The summed E-state index contributed by atoms with van der Waals surface area (Å²) in [5.41, 5.74) is 6.97. The van der Waals surface area contributed by atoms with Crippen LogP contribution in [0.25, 0.3) is 0 Å². The minimum atomic E-state index is -0.291. The van der Waals surface area contributed by atoms with Crippen LogP contribution in [0.4, 0.5) is 0 Å². The van der Waals surface area contributed by atoms with Crippen LogP contribution in [-0.2, 0) is 4.79 Å². The van der Waals surface area contributed by atoms with Gasteiger partial charge in [0.15, 0.2) is 0 Å². The number of carbonyl (C=O) groups is 1. The van der Waals surface area contributed by atoms with Crippen LogP contribution in [0.1, 0.15) is 23.7 Å². The van der Waals surface area contributed by atoms with E-state index in [-0.39, 0.29) is 29.6 Å². The van der Waals surface area contributed by atoms with Crippen LogP contribution in [0.15, 0.2) is 59.5 Å². The van der Waals surface area contributed by atoms with E-state index in [4.69, 9.17) is 17.3 Å². The molecule has 3 nitrogen and oxygen atoms in total. The van der Waals surface area contributed by atoms with Gasteiger partial charge in [-0.25, -0.2) is 0 Å². The first kappa shape index (κ1) is 20.1. The molecule has 25 heavy (non-hydrogen) atoms. The van der Waals surface area contributed by atoms with Crippen LogP contribution in [0, 0.1) is 0 Å². The largest absolute Gasteiger partial charge is 0.341 e. The van der Waals surface area contributed by atoms with E-state index < -0.39 is 0 Å². The number of piperidine rings is 1. The summed E-state index contributed by atoms with van der Waals surface area (Å²) in [5.74, 6) is 0.137. The first-order chi connectivity index (χ1) is 11.6. The topological polar surface area (TPSA) is 46.3 Å². The standard InChI is InChI=1S/C19H21ClN2OS.ClH/c20-16-8-4-5-9-17(16)24-18(14-6-2-1-3-7-14)19(23)22-12-10-15(21)11-13-22;/h1-9,15,18H,10-13,21H2;1H. The summed E-state index contributed by atoms with van der Waals surface area (Å²) in [5, 5.41) is 0.386. The minimum Gasteiger partial charge on any atom is -0.341 e. The van der Waals surface area contributed by atoms with E-state index in [0.29, 0.717) is 5.02 Å². The van der Waals surface area contributed by atoms with Crippen molar-refractivity contribution < 1.29 is 4.79 Å². The Labute approximate surface area is 164 Å². The monoisotopic (exact) mass is 396 g/mol. The summed E-state index contributed by atoms with van der Waals surface area (Å²) < 4.78 is 0. The van der Waals surface area contributed by atoms with Crippen molar-refractivity contribution in [2.45, 2.75) is 29.0 Å². The van der Waals surface area contributed by atoms with Gasteiger partial charge in [0.05, 0.1) is 5.02 Å². The third-order valence-corrected chi connectivity index (χ3v) is 6.02. The normalized spacial score (nSPS) is 16.2. The molecular weight excluding hydrogens is 375 g/mol. The summed E-state index contributed by atoms with van der Waals surface area (Å²) in [4.78, 5) is 16.0. The smallest absolute Gasteiger partial charge is 0.240 e. The fraction of sp³-hybridized carbons (Fsp3) is 0.316. The maximum absolute atomic E-state index is 13.1. The van der Waals surface area contributed by atoms with Crippen molar-refractivity contribution in [2.24, 2.45) is 5.73 Å². The van der Waals surface area contributed by atoms with Crippen molar-refractivity contribution in [3.05, 3.63) is 65.2 Å². The average Bonchev–Trinajstić information content (AvgIpc) is 2.62. The SMILES string of the molecule is Cl.NC1CCN(C(=O)C(Sc2ccccc2Cl)c2ccccc2)CC1. The second-order valence-corrected chi connectivity index (χ2v) is 7.56. The lowest BCUT2D eigenvalue weighted by Crippen LogP contribution is -2.44. The number of thioether (sulfide) groups is 1. The number of carbonyl (C=O) groups excluding carboxylic acids is 1. The number of likely N-dealkylation sites (tertiary alicyclic amines) is 1. The summed E-state index contributed by atoms with van der Waals surface area (Å²) in [6.45, 7) is 1.46. The Balaban J connectivity index is 0.00000225. The maximum atomic E-state index is 13.1. The van der Waals surface area contributed by atoms with Crippen molar-refractivity contribution in [3.8, 4) is 0 Å². The molecule has 1 heterocycles. The van der Waals surface area contributed by atoms with Gasteiger partial charge in [-0.05, 0) is 30.5 Å². The van der Waals surface area contributed by atoms with E-state index in [0.717, 1.165) is 36.4 Å². The van der Waals surface area contributed by atoms with Gasteiger partial charge in [-0.2, -0.15) is 0 Å². The van der Waals surface area contributed by atoms with Crippen molar-refractivity contribution in [3.63, 3.8) is 0 Å². The quantitative estimate of drug-likeness (QED) is 0.771. The fourth-order valence-corrected chi connectivity index (χ4v) is 4.25. The van der Waals surface area contributed by atoms with Gasteiger partial charge in [0, 0.05) is 24.0 Å². The Kier molecular flexibility index (Phi) is 7.63. The van der Waals surface area contributed by atoms with Gasteiger partial charge in [-0.15, -0.1) is 24.2 Å². The van der Waals surface area contributed by atoms with Gasteiger partial charge < -0.3 is 10.6 Å². The van der Waals surface area contributed by atoms with Crippen molar-refractivity contribution in [2.75, 3.05) is 13.1 Å². The summed E-state index contributed by atoms with van der Waals surface area (Å²) >= 11 is 7.82. The average molecular weight is 397 g/mol. The van der Waals surface area contributed by atoms with E-state index in [1.807, 2.05) is 59.5 Å². The number of hydrogen-bond donors (Lipinski definition) is 1. The molecule has 1 aliphatic rings. The number of rotatable bonds is 4. The lowest BCUT2D eigenvalue weighted by atomic mass is 10.0. The maximum Gasteiger partial charge on any atom is 0.240 e. The molecule has 2 N–H and O–H groups in total. The van der Waals surface area contributed by atoms with Crippen LogP contribution in [0.2, 0.25) is 5.02 Å². The van der Waals surface area contributed by atoms with Gasteiger partial charge in [-0.1, -0.05) is 54.1 Å². The molecule has 3 rings (SSSR count). The summed E-state index contributed by atoms with van der Waals surface area (Å²) in [6.07, 6.45) is 1.73. The van der Waals surface area contributed by atoms with Gasteiger partial charge in [0.1, 0.15) is 5.25 Å². The third kappa shape index (κ3) is 5.14. The van der Waals surface area contributed by atoms with Crippen LogP contribution < -0.4 is 5.73 Å². The number of nitrogens with two attached hydrogens (primary N) is 1. The predicted octanol–water partition coefficient (Wildman–Crippen LogP) is 4.54. The molecular formula is C19H22Cl2N2OS. The van der Waals surface area contributed by atoms with Crippen molar-refractivity contribution >= 4 is 41.7 Å². The van der Waals surface area contributed by atoms with Gasteiger partial charge in [0.2, 0.25) is 5.91 Å². The molecule has 1 amide bonds. The fourth-order valence-electron chi connectivity index (χ4n) is 2.84. The van der Waals surface area contributed by atoms with Gasteiger partial charge in [-0.3, -0.25) is 4.79 Å². The van der Waals surface area contributed by atoms with Crippen molar-refractivity contribution in [1.82, 2.24) is 4.90 Å². The molecule has 134 valence electrons. The molecule has 0 bridgehead atoms. The second kappa shape index (κ2) is 9.48. The highest BCUT2D eigenvalue weighted by molar-refractivity contribution is 8.00. The summed E-state index contributed by atoms with van der Waals surface area (Å²) in [7, 11) is 0. The molecule has 6 heteroatoms. The van der Waals surface area contributed by atoms with Crippen molar-refractivity contribution in [1.29, 1.82) is 0 Å². The van der Waals surface area contributed by atoms with E-state index in [1.165, 1.54) is 11.8 Å². The lowest BCUT2D eigenvalue weighted by molar-refractivity contribution is -0.131. The predicted molar refractivity (Wildman–Crippen MR) is 108 cm³/mol. The van der Waals surface area contributed by atoms with Gasteiger partial charge >= 0.3 is 0 Å². The first-order valence-electron chi connectivity index (χ1n) is 8.15. The zero-order valence-corrected chi connectivity index (χ0v) is 16.2. The molecule has 1 aliphatic heterocycles. The molecule has 2 aromatic rings. The zero-order chi connectivity index (χ0) is 16.9. The van der Waals surface area contributed by atoms with Crippen LogP contribution >= 0.6 is 35.8 Å². The Hall–Kier alpha value is -1.20. The number of benzene rings is 2. The minimum absolute atomic E-state index is 0. The Morgan fingerprint density at radius 3 is 2.32 bits per heavy atom. The molecule has 1 atom stereocenters. The van der Waals surface area contributed by atoms with E-state index in [2.05, 4.69) is 0 Å². The molecule has 2 aromatic carbocycles. The van der Waals surface area contributed by atoms with Gasteiger partial charge in [0.25, 0.3) is 0 Å². The van der Waals surface area contributed by atoms with Crippen LogP contribution in [0.5, 0.6) is 0 Å². The second-order valence-electron chi connectivity index (χ2n) is 6.00. The molecule has 1 fully saturated rings. The van der Waals surface area contributed by atoms with E-state index in [1.54, 1.807) is 0 Å². The Morgan fingerprint density at radius 2 is 1.68 bits per heavy atom. The molecule has 1 unspecified atom stereocenters. The molecule has 0 radical (unpaired) electrons. The molecule has 0 spiro atoms. The van der Waals surface area contributed by atoms with E-state index >= 15 is 0 Å². The third-order valence-electron chi connectivity index (χ3n) is 4.26. The lowest BCUT2D eigenvalue weighted by Gasteiger charge is -2.33. The Bertz CT molecular complexity index is 691. The summed E-state index contributed by atoms with van der Waals surface area (Å²) in [6, 6.07) is 17.8. The highest BCUT2D eigenvalue weighted by Crippen LogP contribution is 2.40. The highest BCUT2D eigenvalue weighted by Gasteiger charge is 2.29. The Morgan fingerprint density at radius 1 is 1.08 bits per heavy atom. The molecule has 0 aliphatic carbocycles. The number of hydrogen-bond acceptors (Lipinski definition) is 3. The van der Waals surface area contributed by atoms with E-state index in [9.17, 15) is 4.79 Å². The molecule has 1 saturated heterocycles. The molecule has 0 saturated carbocycles. The van der Waals surface area contributed by atoms with Crippen LogP contribution in [-0.4, -0.2) is 29.9 Å². The number of halogens is 2. The zero-order valence-electron chi connectivity index (χ0n) is 13.8. The highest BCUT2D eigenvalue weighted by atomic mass is 35.5. The molecule has 0 aromatic heterocycles. The van der Waals surface area contributed by atoms with Crippen LogP contribution in [0.3, 0.4) is 0 Å². The first-order valence-corrected chi connectivity index (χ1v) is 9.41. The number of nitrogens with zero attached hydrogens (tertiary/aromatic N) is 1. The number of amides is 1.